The summed E-state index contributed by atoms with van der Waals surface area (Å²) in [5.41, 5.74) is -0.251. The van der Waals surface area contributed by atoms with Crippen molar-refractivity contribution in [1.82, 2.24) is 9.62 Å². The molecule has 1 saturated heterocycles. The number of amides is 1. The zero-order chi connectivity index (χ0) is 20.2. The van der Waals surface area contributed by atoms with Gasteiger partial charge in [-0.05, 0) is 18.1 Å². The number of nitrogens with one attached hydrogen (secondary N) is 1. The molecule has 1 fully saturated rings. The van der Waals surface area contributed by atoms with Gasteiger partial charge in [-0.3, -0.25) is 19.7 Å². The van der Waals surface area contributed by atoms with Gasteiger partial charge in [0.05, 0.1) is 22.8 Å². The van der Waals surface area contributed by atoms with Gasteiger partial charge < -0.3 is 10.1 Å². The predicted octanol–water partition coefficient (Wildman–Crippen LogP) is 0.673. The number of carbonyl (C=O) groups excluding carboxylic acids is 2. The summed E-state index contributed by atoms with van der Waals surface area (Å²) in [5.74, 6) is -1.16. The van der Waals surface area contributed by atoms with Crippen LogP contribution in [0.5, 0.6) is 0 Å². The molecule has 1 N–H and O–H groups in total. The van der Waals surface area contributed by atoms with Gasteiger partial charge in [0.1, 0.15) is 6.04 Å². The molecule has 1 aromatic rings. The van der Waals surface area contributed by atoms with Crippen LogP contribution in [-0.4, -0.2) is 55.3 Å². The first-order valence-corrected chi connectivity index (χ1v) is 9.76. The number of rotatable bonds is 7. The van der Waals surface area contributed by atoms with Gasteiger partial charge in [-0.15, -0.1) is 0 Å². The van der Waals surface area contributed by atoms with Crippen LogP contribution in [0, 0.1) is 16.0 Å². The molecule has 1 amide bonds. The van der Waals surface area contributed by atoms with E-state index in [1.807, 2.05) is 13.8 Å². The highest BCUT2D eigenvalue weighted by molar-refractivity contribution is 7.89. The van der Waals surface area contributed by atoms with Gasteiger partial charge >= 0.3 is 5.97 Å². The fourth-order valence-electron chi connectivity index (χ4n) is 2.53. The maximum atomic E-state index is 12.9. The molecule has 0 aromatic heterocycles. The van der Waals surface area contributed by atoms with E-state index in [-0.39, 0.29) is 36.2 Å². The number of non-ortho nitro benzene ring substituents is 1. The van der Waals surface area contributed by atoms with Crippen molar-refractivity contribution < 1.29 is 27.7 Å². The number of nitro groups is 1. The summed E-state index contributed by atoms with van der Waals surface area (Å²) in [5, 5.41) is 13.3. The monoisotopic (exact) mass is 399 g/mol. The molecular weight excluding hydrogens is 378 g/mol. The van der Waals surface area contributed by atoms with E-state index in [1.165, 1.54) is 0 Å². The maximum Gasteiger partial charge on any atom is 0.307 e. The minimum Gasteiger partial charge on any atom is -0.465 e. The number of carbonyl (C=O) groups is 2. The normalized spacial score (nSPS) is 18.2. The minimum atomic E-state index is -4.12. The zero-order valence-electron chi connectivity index (χ0n) is 15.0. The highest BCUT2D eigenvalue weighted by atomic mass is 32.2. The van der Waals surface area contributed by atoms with Crippen LogP contribution in [0.2, 0.25) is 0 Å². The molecule has 0 bridgehead atoms. The van der Waals surface area contributed by atoms with Crippen LogP contribution < -0.4 is 5.32 Å². The number of hydrogen-bond acceptors (Lipinski definition) is 7. The van der Waals surface area contributed by atoms with E-state index in [1.54, 1.807) is 0 Å². The summed E-state index contributed by atoms with van der Waals surface area (Å²) in [6, 6.07) is 3.12. The van der Waals surface area contributed by atoms with Gasteiger partial charge in [0.15, 0.2) is 0 Å². The van der Waals surface area contributed by atoms with E-state index in [2.05, 4.69) is 5.32 Å². The first-order valence-electron chi connectivity index (χ1n) is 8.32. The average molecular weight is 399 g/mol. The second-order valence-corrected chi connectivity index (χ2v) is 8.35. The molecular formula is C16H21N3O7S. The first kappa shape index (κ1) is 20.8. The van der Waals surface area contributed by atoms with Gasteiger partial charge in [0.25, 0.3) is 5.69 Å². The van der Waals surface area contributed by atoms with E-state index >= 15 is 0 Å². The number of benzene rings is 1. The van der Waals surface area contributed by atoms with Gasteiger partial charge in [-0.1, -0.05) is 13.8 Å². The lowest BCUT2D eigenvalue weighted by atomic mass is 10.1. The smallest absolute Gasteiger partial charge is 0.307 e. The number of ether oxygens (including phenoxy) is 1. The van der Waals surface area contributed by atoms with E-state index < -0.39 is 39.3 Å². The summed E-state index contributed by atoms with van der Waals surface area (Å²) in [6.45, 7) is 3.95. The zero-order valence-corrected chi connectivity index (χ0v) is 15.8. The van der Waals surface area contributed by atoms with E-state index in [4.69, 9.17) is 4.74 Å². The molecule has 10 nitrogen and oxygen atoms in total. The van der Waals surface area contributed by atoms with Crippen molar-refractivity contribution in [2.45, 2.75) is 31.2 Å². The van der Waals surface area contributed by atoms with Crippen molar-refractivity contribution in [2.75, 3.05) is 19.7 Å². The molecule has 0 spiro atoms. The van der Waals surface area contributed by atoms with Crippen LogP contribution in [0.1, 0.15) is 20.3 Å². The second-order valence-electron chi connectivity index (χ2n) is 6.45. The van der Waals surface area contributed by atoms with Gasteiger partial charge in [-0.2, -0.15) is 4.31 Å². The third-order valence-corrected chi connectivity index (χ3v) is 5.80. The second kappa shape index (κ2) is 8.44. The van der Waals surface area contributed by atoms with Crippen molar-refractivity contribution in [1.29, 1.82) is 0 Å². The standard InChI is InChI=1S/C16H21N3O7S/c1-11(2)10-26-15(20)9-14-16(21)17-7-8-18(14)27(24,25)13-5-3-12(4-6-13)19(22)23/h3-6,11,14H,7-10H2,1-2H3,(H,17,21). The van der Waals surface area contributed by atoms with E-state index in [0.717, 1.165) is 28.6 Å². The van der Waals surface area contributed by atoms with Crippen LogP contribution in [0.15, 0.2) is 29.2 Å². The Hall–Kier alpha value is -2.53. The van der Waals surface area contributed by atoms with Crippen molar-refractivity contribution in [3.05, 3.63) is 34.4 Å². The number of piperazine rings is 1. The predicted molar refractivity (Wildman–Crippen MR) is 94.2 cm³/mol. The summed E-state index contributed by atoms with van der Waals surface area (Å²) in [7, 11) is -4.12. The maximum absolute atomic E-state index is 12.9. The SMILES string of the molecule is CC(C)COC(=O)CC1C(=O)NCCN1S(=O)(=O)c1ccc([N+](=O)[O-])cc1. The summed E-state index contributed by atoms with van der Waals surface area (Å²) in [4.78, 5) is 34.1. The Morgan fingerprint density at radius 2 is 2.00 bits per heavy atom. The summed E-state index contributed by atoms with van der Waals surface area (Å²) >= 11 is 0. The Bertz CT molecular complexity index is 821. The average Bonchev–Trinajstić information content (AvgIpc) is 2.61. The number of hydrogen-bond donors (Lipinski definition) is 1. The molecule has 11 heteroatoms. The van der Waals surface area contributed by atoms with Gasteiger partial charge in [-0.25, -0.2) is 8.42 Å². The lowest BCUT2D eigenvalue weighted by Gasteiger charge is -2.33. The van der Waals surface area contributed by atoms with E-state index in [9.17, 15) is 28.1 Å². The third kappa shape index (κ3) is 5.01. The topological polar surface area (TPSA) is 136 Å². The molecule has 0 aliphatic carbocycles. The quantitative estimate of drug-likeness (QED) is 0.404. The summed E-state index contributed by atoms with van der Waals surface area (Å²) < 4.78 is 31.8. The number of sulfonamides is 1. The number of esters is 1. The highest BCUT2D eigenvalue weighted by Crippen LogP contribution is 2.23. The van der Waals surface area contributed by atoms with E-state index in [0.29, 0.717) is 0 Å². The third-order valence-electron chi connectivity index (χ3n) is 3.87. The van der Waals surface area contributed by atoms with Crippen molar-refractivity contribution >= 4 is 27.6 Å². The van der Waals surface area contributed by atoms with Crippen molar-refractivity contribution in [2.24, 2.45) is 5.92 Å². The molecule has 148 valence electrons. The number of nitrogens with zero attached hydrogens (tertiary/aromatic N) is 2. The fourth-order valence-corrected chi connectivity index (χ4v) is 4.12. The molecule has 1 aliphatic rings. The van der Waals surface area contributed by atoms with Crippen LogP contribution in [0.4, 0.5) is 5.69 Å². The molecule has 1 aromatic carbocycles. The Morgan fingerprint density at radius 1 is 1.37 bits per heavy atom. The van der Waals surface area contributed by atoms with Crippen LogP contribution >= 0.6 is 0 Å². The molecule has 0 radical (unpaired) electrons. The Balaban J connectivity index is 2.24. The fraction of sp³-hybridized carbons (Fsp3) is 0.500. The van der Waals surface area contributed by atoms with Crippen LogP contribution in [0.3, 0.4) is 0 Å². The van der Waals surface area contributed by atoms with Gasteiger partial charge in [0, 0.05) is 25.2 Å². The molecule has 27 heavy (non-hydrogen) atoms. The highest BCUT2D eigenvalue weighted by Gasteiger charge is 2.40. The molecule has 1 aliphatic heterocycles. The summed E-state index contributed by atoms with van der Waals surface area (Å²) in [6.07, 6.45) is -0.412. The lowest BCUT2D eigenvalue weighted by Crippen LogP contribution is -2.57. The molecule has 0 saturated carbocycles. The van der Waals surface area contributed by atoms with Gasteiger partial charge in [0.2, 0.25) is 15.9 Å². The lowest BCUT2D eigenvalue weighted by molar-refractivity contribution is -0.384. The van der Waals surface area contributed by atoms with Crippen molar-refractivity contribution in [3.63, 3.8) is 0 Å². The molecule has 1 heterocycles. The molecule has 2 rings (SSSR count). The molecule has 1 unspecified atom stereocenters. The van der Waals surface area contributed by atoms with Crippen LogP contribution in [0.25, 0.3) is 0 Å². The minimum absolute atomic E-state index is 0.0206. The largest absolute Gasteiger partial charge is 0.465 e. The Morgan fingerprint density at radius 3 is 2.56 bits per heavy atom. The van der Waals surface area contributed by atoms with Crippen molar-refractivity contribution in [3.8, 4) is 0 Å². The van der Waals surface area contributed by atoms with Crippen LogP contribution in [-0.2, 0) is 24.3 Å². The number of nitro benzene ring substituents is 1. The first-order chi connectivity index (χ1) is 12.6. The Labute approximate surface area is 156 Å². The Kier molecular flexibility index (Phi) is 6.50. The molecule has 1 atom stereocenters.